The molecule has 0 spiro atoms. The first kappa shape index (κ1) is 18.1. The molecule has 2 aromatic carbocycles. The monoisotopic (exact) mass is 342 g/mol. The van der Waals surface area contributed by atoms with Gasteiger partial charge >= 0.3 is 0 Å². The molecule has 0 aliphatic rings. The molecule has 0 aromatic heterocycles. The maximum Gasteiger partial charge on any atom is 0.185 e. The molecule has 0 fully saturated rings. The molecule has 0 aliphatic carbocycles. The summed E-state index contributed by atoms with van der Waals surface area (Å²) in [5.74, 6) is -0.157. The number of ketones is 1. The van der Waals surface area contributed by atoms with Gasteiger partial charge in [0.2, 0.25) is 0 Å². The van der Waals surface area contributed by atoms with Crippen molar-refractivity contribution < 1.29 is 13.2 Å². The third kappa shape index (κ3) is 4.65. The Morgan fingerprint density at radius 3 is 1.92 bits per heavy atom. The molecule has 3 nitrogen and oxygen atoms in total. The highest BCUT2D eigenvalue weighted by Gasteiger charge is 2.12. The molecule has 24 heavy (non-hydrogen) atoms. The van der Waals surface area contributed by atoms with Gasteiger partial charge in [0, 0.05) is 11.8 Å². The Hall–Kier alpha value is -2.20. The van der Waals surface area contributed by atoms with Crippen molar-refractivity contribution in [3.63, 3.8) is 0 Å². The second-order valence-electron chi connectivity index (χ2n) is 6.87. The lowest BCUT2D eigenvalue weighted by atomic mass is 9.87. The molecule has 2 aromatic rings. The molecule has 4 heteroatoms. The van der Waals surface area contributed by atoms with E-state index in [1.807, 2.05) is 12.1 Å². The molecule has 0 heterocycles. The van der Waals surface area contributed by atoms with E-state index in [2.05, 4.69) is 32.9 Å². The number of carbonyl (C=O) groups excluding carboxylic acids is 1. The van der Waals surface area contributed by atoms with Gasteiger partial charge in [-0.25, -0.2) is 8.42 Å². The number of hydrogen-bond donors (Lipinski definition) is 0. The molecule has 0 saturated heterocycles. The Labute approximate surface area is 144 Å². The zero-order valence-corrected chi connectivity index (χ0v) is 15.2. The van der Waals surface area contributed by atoms with Gasteiger partial charge in [-0.05, 0) is 46.9 Å². The van der Waals surface area contributed by atoms with Crippen LogP contribution in [0.4, 0.5) is 0 Å². The highest BCUT2D eigenvalue weighted by molar-refractivity contribution is 7.90. The van der Waals surface area contributed by atoms with Crippen LogP contribution in [0.1, 0.15) is 42.3 Å². The van der Waals surface area contributed by atoms with Gasteiger partial charge in [-0.1, -0.05) is 51.1 Å². The van der Waals surface area contributed by atoms with Crippen LogP contribution in [-0.4, -0.2) is 20.5 Å². The van der Waals surface area contributed by atoms with Crippen molar-refractivity contribution in [1.29, 1.82) is 0 Å². The average Bonchev–Trinajstić information content (AvgIpc) is 2.51. The van der Waals surface area contributed by atoms with Crippen molar-refractivity contribution in [1.82, 2.24) is 0 Å². The average molecular weight is 342 g/mol. The predicted molar refractivity (Wildman–Crippen MR) is 98.1 cm³/mol. The molecule has 126 valence electrons. The minimum atomic E-state index is -3.25. The fraction of sp³-hybridized carbons (Fsp3) is 0.250. The van der Waals surface area contributed by atoms with Crippen LogP contribution >= 0.6 is 0 Å². The van der Waals surface area contributed by atoms with E-state index < -0.39 is 9.84 Å². The van der Waals surface area contributed by atoms with E-state index in [0.29, 0.717) is 5.56 Å². The normalized spacial score (nSPS) is 12.5. The van der Waals surface area contributed by atoms with Crippen molar-refractivity contribution in [2.24, 2.45) is 0 Å². The summed E-state index contributed by atoms with van der Waals surface area (Å²) >= 11 is 0. The minimum absolute atomic E-state index is 0.0967. The van der Waals surface area contributed by atoms with E-state index in [1.165, 1.54) is 35.9 Å². The quantitative estimate of drug-likeness (QED) is 0.615. The SMILES string of the molecule is CC(C)(C)c1ccc(/C=C/C(=O)c2ccc(S(C)(=O)=O)cc2)cc1. The Morgan fingerprint density at radius 2 is 1.46 bits per heavy atom. The number of allylic oxidation sites excluding steroid dienone is 1. The third-order valence-electron chi connectivity index (χ3n) is 3.77. The minimum Gasteiger partial charge on any atom is -0.289 e. The van der Waals surface area contributed by atoms with Crippen molar-refractivity contribution in [2.75, 3.05) is 6.26 Å². The van der Waals surface area contributed by atoms with Crippen LogP contribution in [0.2, 0.25) is 0 Å². The molecule has 0 bridgehead atoms. The van der Waals surface area contributed by atoms with Gasteiger partial charge in [0.05, 0.1) is 4.90 Å². The molecular weight excluding hydrogens is 320 g/mol. The van der Waals surface area contributed by atoms with E-state index in [0.717, 1.165) is 11.8 Å². The summed E-state index contributed by atoms with van der Waals surface area (Å²) in [7, 11) is -3.25. The second-order valence-corrected chi connectivity index (χ2v) is 8.88. The zero-order chi connectivity index (χ0) is 18.0. The van der Waals surface area contributed by atoms with E-state index in [1.54, 1.807) is 6.08 Å². The highest BCUT2D eigenvalue weighted by atomic mass is 32.2. The van der Waals surface area contributed by atoms with Crippen LogP contribution in [0.15, 0.2) is 59.5 Å². The number of hydrogen-bond acceptors (Lipinski definition) is 3. The Kier molecular flexibility index (Phi) is 5.09. The maximum absolute atomic E-state index is 12.2. The first-order valence-electron chi connectivity index (χ1n) is 7.70. The number of sulfone groups is 1. The van der Waals surface area contributed by atoms with E-state index in [4.69, 9.17) is 0 Å². The molecule has 0 N–H and O–H groups in total. The molecule has 0 aliphatic heterocycles. The first-order chi connectivity index (χ1) is 11.1. The van der Waals surface area contributed by atoms with Crippen LogP contribution in [0, 0.1) is 0 Å². The molecule has 0 radical (unpaired) electrons. The van der Waals surface area contributed by atoms with Gasteiger partial charge < -0.3 is 0 Å². The summed E-state index contributed by atoms with van der Waals surface area (Å²) in [6.07, 6.45) is 4.41. The van der Waals surface area contributed by atoms with Gasteiger partial charge in [-0.15, -0.1) is 0 Å². The maximum atomic E-state index is 12.2. The molecule has 0 saturated carbocycles. The summed E-state index contributed by atoms with van der Waals surface area (Å²) in [6.45, 7) is 6.46. The lowest BCUT2D eigenvalue weighted by molar-refractivity contribution is 0.104. The summed E-state index contributed by atoms with van der Waals surface area (Å²) in [6, 6.07) is 14.1. The van der Waals surface area contributed by atoms with E-state index in [9.17, 15) is 13.2 Å². The molecule has 2 rings (SSSR count). The zero-order valence-electron chi connectivity index (χ0n) is 14.4. The van der Waals surface area contributed by atoms with Crippen LogP contribution in [0.5, 0.6) is 0 Å². The number of carbonyl (C=O) groups is 1. The van der Waals surface area contributed by atoms with Crippen LogP contribution < -0.4 is 0 Å². The Bertz CT molecular complexity index is 851. The standard InChI is InChI=1S/C20H22O3S/c1-20(2,3)17-10-5-15(6-11-17)7-14-19(21)16-8-12-18(13-9-16)24(4,22)23/h5-14H,1-4H3/b14-7+. The van der Waals surface area contributed by atoms with Crippen molar-refractivity contribution in [2.45, 2.75) is 31.1 Å². The Morgan fingerprint density at radius 1 is 0.917 bits per heavy atom. The molecule has 0 atom stereocenters. The van der Waals surface area contributed by atoms with Gasteiger partial charge in [0.1, 0.15) is 0 Å². The predicted octanol–water partition coefficient (Wildman–Crippen LogP) is 4.28. The van der Waals surface area contributed by atoms with Gasteiger partial charge in [0.25, 0.3) is 0 Å². The molecule has 0 unspecified atom stereocenters. The number of rotatable bonds is 4. The van der Waals surface area contributed by atoms with E-state index in [-0.39, 0.29) is 16.1 Å². The fourth-order valence-electron chi connectivity index (χ4n) is 2.23. The Balaban J connectivity index is 2.13. The van der Waals surface area contributed by atoms with Crippen LogP contribution in [0.25, 0.3) is 6.08 Å². The second kappa shape index (κ2) is 6.73. The summed E-state index contributed by atoms with van der Waals surface area (Å²) < 4.78 is 22.8. The first-order valence-corrected chi connectivity index (χ1v) is 9.59. The highest BCUT2D eigenvalue weighted by Crippen LogP contribution is 2.22. The van der Waals surface area contributed by atoms with Gasteiger partial charge in [-0.3, -0.25) is 4.79 Å². The van der Waals surface area contributed by atoms with Crippen molar-refractivity contribution in [3.05, 3.63) is 71.3 Å². The molecular formula is C20H22O3S. The summed E-state index contributed by atoms with van der Waals surface area (Å²) in [4.78, 5) is 12.4. The van der Waals surface area contributed by atoms with Gasteiger partial charge in [-0.2, -0.15) is 0 Å². The topological polar surface area (TPSA) is 51.2 Å². The fourth-order valence-corrected chi connectivity index (χ4v) is 2.86. The lowest BCUT2D eigenvalue weighted by Gasteiger charge is -2.18. The van der Waals surface area contributed by atoms with E-state index >= 15 is 0 Å². The number of benzene rings is 2. The lowest BCUT2D eigenvalue weighted by Crippen LogP contribution is -2.10. The largest absolute Gasteiger partial charge is 0.289 e. The van der Waals surface area contributed by atoms with Gasteiger partial charge in [0.15, 0.2) is 15.6 Å². The summed E-state index contributed by atoms with van der Waals surface area (Å²) in [5.41, 5.74) is 2.75. The molecule has 0 amide bonds. The third-order valence-corrected chi connectivity index (χ3v) is 4.90. The smallest absolute Gasteiger partial charge is 0.185 e. The van der Waals surface area contributed by atoms with Crippen LogP contribution in [-0.2, 0) is 15.3 Å². The summed E-state index contributed by atoms with van der Waals surface area (Å²) in [5, 5.41) is 0. The van der Waals surface area contributed by atoms with Crippen molar-refractivity contribution >= 4 is 21.7 Å². The van der Waals surface area contributed by atoms with Crippen LogP contribution in [0.3, 0.4) is 0 Å². The van der Waals surface area contributed by atoms with Crippen molar-refractivity contribution in [3.8, 4) is 0 Å².